The highest BCUT2D eigenvalue weighted by Gasteiger charge is 2.04. The second-order valence-corrected chi connectivity index (χ2v) is 4.95. The van der Waals surface area contributed by atoms with Gasteiger partial charge in [0.2, 0.25) is 0 Å². The zero-order chi connectivity index (χ0) is 13.2. The fraction of sp³-hybridized carbons (Fsp3) is 0.733. The molecule has 0 aromatic carbocycles. The first-order chi connectivity index (χ1) is 8.76. The predicted molar refractivity (Wildman–Crippen MR) is 74.4 cm³/mol. The molecule has 1 atom stereocenters. The van der Waals surface area contributed by atoms with Crippen LogP contribution in [-0.4, -0.2) is 13.2 Å². The highest BCUT2D eigenvalue weighted by molar-refractivity contribution is 5.06. The van der Waals surface area contributed by atoms with Crippen LogP contribution in [-0.2, 0) is 17.9 Å². The van der Waals surface area contributed by atoms with Crippen LogP contribution in [0.25, 0.3) is 0 Å². The third-order valence-corrected chi connectivity index (χ3v) is 2.87. The summed E-state index contributed by atoms with van der Waals surface area (Å²) in [4.78, 5) is 0. The van der Waals surface area contributed by atoms with E-state index in [2.05, 4.69) is 26.1 Å². The van der Waals surface area contributed by atoms with Crippen LogP contribution in [0.1, 0.15) is 51.6 Å². The molecule has 0 aliphatic rings. The molecule has 0 saturated heterocycles. The van der Waals surface area contributed by atoms with Crippen molar-refractivity contribution in [3.63, 3.8) is 0 Å². The van der Waals surface area contributed by atoms with Gasteiger partial charge in [0.1, 0.15) is 18.1 Å². The van der Waals surface area contributed by atoms with Gasteiger partial charge in [0, 0.05) is 6.61 Å². The Labute approximate surface area is 111 Å². The molecule has 1 heterocycles. The second kappa shape index (κ2) is 9.17. The Morgan fingerprint density at radius 1 is 1.22 bits per heavy atom. The van der Waals surface area contributed by atoms with Crippen LogP contribution < -0.4 is 5.32 Å². The first-order valence-corrected chi connectivity index (χ1v) is 7.12. The summed E-state index contributed by atoms with van der Waals surface area (Å²) in [6, 6.07) is 4.03. The Hall–Kier alpha value is -0.800. The van der Waals surface area contributed by atoms with Crippen LogP contribution in [0.2, 0.25) is 0 Å². The molecule has 0 fully saturated rings. The Bertz CT molecular complexity index is 309. The summed E-state index contributed by atoms with van der Waals surface area (Å²) in [7, 11) is 0. The van der Waals surface area contributed by atoms with Crippen molar-refractivity contribution in [1.29, 1.82) is 0 Å². The van der Waals surface area contributed by atoms with Gasteiger partial charge in [0.25, 0.3) is 0 Å². The van der Waals surface area contributed by atoms with Gasteiger partial charge in [-0.05, 0) is 37.4 Å². The fourth-order valence-corrected chi connectivity index (χ4v) is 1.92. The summed E-state index contributed by atoms with van der Waals surface area (Å²) < 4.78 is 11.3. The molecule has 0 aliphatic heterocycles. The Kier molecular flexibility index (Phi) is 7.78. The average molecular weight is 253 g/mol. The minimum Gasteiger partial charge on any atom is -0.462 e. The normalized spacial score (nSPS) is 12.8. The molecule has 0 amide bonds. The molecule has 18 heavy (non-hydrogen) atoms. The van der Waals surface area contributed by atoms with Gasteiger partial charge in [-0.3, -0.25) is 0 Å². The SMILES string of the molecule is CCCNCc1ccc(COCC(C)CCC)o1. The quantitative estimate of drug-likeness (QED) is 0.645. The molecule has 104 valence electrons. The molecular weight excluding hydrogens is 226 g/mol. The fourth-order valence-electron chi connectivity index (χ4n) is 1.92. The van der Waals surface area contributed by atoms with E-state index in [0.717, 1.165) is 37.6 Å². The van der Waals surface area contributed by atoms with Gasteiger partial charge in [0.05, 0.1) is 6.54 Å². The Morgan fingerprint density at radius 3 is 2.72 bits per heavy atom. The minimum absolute atomic E-state index is 0.585. The summed E-state index contributed by atoms with van der Waals surface area (Å²) in [6.45, 7) is 9.83. The Balaban J connectivity index is 2.18. The van der Waals surface area contributed by atoms with Gasteiger partial charge in [-0.25, -0.2) is 0 Å². The van der Waals surface area contributed by atoms with Gasteiger partial charge in [-0.15, -0.1) is 0 Å². The minimum atomic E-state index is 0.585. The molecule has 3 heteroatoms. The summed E-state index contributed by atoms with van der Waals surface area (Å²) in [5.41, 5.74) is 0. The number of ether oxygens (including phenoxy) is 1. The smallest absolute Gasteiger partial charge is 0.129 e. The van der Waals surface area contributed by atoms with E-state index >= 15 is 0 Å². The zero-order valence-electron chi connectivity index (χ0n) is 12.0. The molecule has 1 aromatic heterocycles. The highest BCUT2D eigenvalue weighted by atomic mass is 16.5. The van der Waals surface area contributed by atoms with Gasteiger partial charge < -0.3 is 14.5 Å². The lowest BCUT2D eigenvalue weighted by Gasteiger charge is -2.09. The number of hydrogen-bond acceptors (Lipinski definition) is 3. The molecule has 1 N–H and O–H groups in total. The van der Waals surface area contributed by atoms with E-state index in [9.17, 15) is 0 Å². The van der Waals surface area contributed by atoms with Gasteiger partial charge in [-0.1, -0.05) is 27.2 Å². The summed E-state index contributed by atoms with van der Waals surface area (Å²) >= 11 is 0. The van der Waals surface area contributed by atoms with E-state index in [4.69, 9.17) is 9.15 Å². The van der Waals surface area contributed by atoms with Gasteiger partial charge in [-0.2, -0.15) is 0 Å². The van der Waals surface area contributed by atoms with Crippen LogP contribution in [0.15, 0.2) is 16.5 Å². The van der Waals surface area contributed by atoms with Crippen molar-refractivity contribution in [1.82, 2.24) is 5.32 Å². The standard InChI is InChI=1S/C15H27NO2/c1-4-6-13(3)11-17-12-15-8-7-14(18-15)10-16-9-5-2/h7-8,13,16H,4-6,9-12H2,1-3H3. The third-order valence-electron chi connectivity index (χ3n) is 2.87. The number of rotatable bonds is 10. The maximum absolute atomic E-state index is 5.68. The molecule has 1 unspecified atom stereocenters. The highest BCUT2D eigenvalue weighted by Crippen LogP contribution is 2.11. The molecule has 0 radical (unpaired) electrons. The molecule has 0 spiro atoms. The zero-order valence-corrected chi connectivity index (χ0v) is 12.0. The maximum atomic E-state index is 5.68. The van der Waals surface area contributed by atoms with Gasteiger partial charge >= 0.3 is 0 Å². The topological polar surface area (TPSA) is 34.4 Å². The van der Waals surface area contributed by atoms with Crippen LogP contribution in [0, 0.1) is 5.92 Å². The monoisotopic (exact) mass is 253 g/mol. The molecule has 0 bridgehead atoms. The van der Waals surface area contributed by atoms with Gasteiger partial charge in [0.15, 0.2) is 0 Å². The number of hydrogen-bond donors (Lipinski definition) is 1. The molecule has 0 aliphatic carbocycles. The third kappa shape index (κ3) is 6.22. The maximum Gasteiger partial charge on any atom is 0.129 e. The van der Waals surface area contributed by atoms with E-state index in [-0.39, 0.29) is 0 Å². The van der Waals surface area contributed by atoms with Crippen molar-refractivity contribution in [2.75, 3.05) is 13.2 Å². The van der Waals surface area contributed by atoms with Crippen molar-refractivity contribution in [3.8, 4) is 0 Å². The van der Waals surface area contributed by atoms with E-state index in [1.54, 1.807) is 0 Å². The lowest BCUT2D eigenvalue weighted by molar-refractivity contribution is 0.0768. The van der Waals surface area contributed by atoms with Crippen LogP contribution >= 0.6 is 0 Å². The summed E-state index contributed by atoms with van der Waals surface area (Å²) in [5, 5.41) is 3.32. The molecule has 1 rings (SSSR count). The number of furan rings is 1. The lowest BCUT2D eigenvalue weighted by Crippen LogP contribution is -2.13. The Morgan fingerprint density at radius 2 is 2.00 bits per heavy atom. The van der Waals surface area contributed by atoms with Crippen molar-refractivity contribution < 1.29 is 9.15 Å². The lowest BCUT2D eigenvalue weighted by atomic mass is 10.1. The first kappa shape index (κ1) is 15.3. The summed E-state index contributed by atoms with van der Waals surface area (Å²) in [5.74, 6) is 2.55. The first-order valence-electron chi connectivity index (χ1n) is 7.12. The van der Waals surface area contributed by atoms with Crippen LogP contribution in [0.5, 0.6) is 0 Å². The number of nitrogens with one attached hydrogen (secondary N) is 1. The largest absolute Gasteiger partial charge is 0.462 e. The average Bonchev–Trinajstić information content (AvgIpc) is 2.78. The van der Waals surface area contributed by atoms with Crippen LogP contribution in [0.4, 0.5) is 0 Å². The van der Waals surface area contributed by atoms with E-state index in [0.29, 0.717) is 12.5 Å². The van der Waals surface area contributed by atoms with Crippen LogP contribution in [0.3, 0.4) is 0 Å². The molecule has 3 nitrogen and oxygen atoms in total. The summed E-state index contributed by atoms with van der Waals surface area (Å²) in [6.07, 6.45) is 3.59. The van der Waals surface area contributed by atoms with Crippen molar-refractivity contribution >= 4 is 0 Å². The second-order valence-electron chi connectivity index (χ2n) is 4.95. The molecule has 0 saturated carbocycles. The molecule has 1 aromatic rings. The predicted octanol–water partition coefficient (Wildman–Crippen LogP) is 3.73. The molecular formula is C15H27NO2. The van der Waals surface area contributed by atoms with E-state index in [1.807, 2.05) is 12.1 Å². The van der Waals surface area contributed by atoms with Crippen molar-refractivity contribution in [2.45, 2.75) is 53.2 Å². The van der Waals surface area contributed by atoms with E-state index in [1.165, 1.54) is 12.8 Å². The van der Waals surface area contributed by atoms with Crippen molar-refractivity contribution in [2.24, 2.45) is 5.92 Å². The van der Waals surface area contributed by atoms with Crippen molar-refractivity contribution in [3.05, 3.63) is 23.7 Å². The van der Waals surface area contributed by atoms with E-state index < -0.39 is 0 Å².